The summed E-state index contributed by atoms with van der Waals surface area (Å²) in [6.07, 6.45) is -0.611. The second kappa shape index (κ2) is 9.27. The highest BCUT2D eigenvalue weighted by Crippen LogP contribution is 2.27. The molecule has 0 saturated carbocycles. The number of carbonyl (C=O) groups excluding carboxylic acids is 3. The molecule has 3 rings (SSSR count). The first-order chi connectivity index (χ1) is 14.0. The van der Waals surface area contributed by atoms with Gasteiger partial charge in [-0.3, -0.25) is 9.59 Å². The Morgan fingerprint density at radius 1 is 1.03 bits per heavy atom. The van der Waals surface area contributed by atoms with E-state index in [0.29, 0.717) is 38.5 Å². The summed E-state index contributed by atoms with van der Waals surface area (Å²) in [4.78, 5) is 39.6. The molecule has 8 nitrogen and oxygen atoms in total. The minimum Gasteiger partial charge on any atom is -0.496 e. The van der Waals surface area contributed by atoms with Crippen molar-refractivity contribution in [2.24, 2.45) is 0 Å². The van der Waals surface area contributed by atoms with Crippen LogP contribution in [0.25, 0.3) is 10.8 Å². The average molecular weight is 399 g/mol. The molecular weight excluding hydrogens is 374 g/mol. The first-order valence-electron chi connectivity index (χ1n) is 9.58. The summed E-state index contributed by atoms with van der Waals surface area (Å²) in [7, 11) is 1.61. The summed E-state index contributed by atoms with van der Waals surface area (Å²) < 4.78 is 10.3. The van der Waals surface area contributed by atoms with Crippen LogP contribution in [0.2, 0.25) is 0 Å². The third-order valence-electron chi connectivity index (χ3n) is 4.81. The Hall–Kier alpha value is -3.29. The molecule has 1 aliphatic heterocycles. The molecule has 0 spiro atoms. The third-order valence-corrected chi connectivity index (χ3v) is 4.81. The van der Waals surface area contributed by atoms with E-state index in [9.17, 15) is 14.4 Å². The number of carbonyl (C=O) groups is 3. The van der Waals surface area contributed by atoms with Crippen molar-refractivity contribution < 1.29 is 23.9 Å². The largest absolute Gasteiger partial charge is 0.496 e. The maximum absolute atomic E-state index is 12.4. The number of ether oxygens (including phenoxy) is 2. The smallest absolute Gasteiger partial charge is 0.409 e. The van der Waals surface area contributed by atoms with Crippen LogP contribution in [0.15, 0.2) is 36.4 Å². The third kappa shape index (κ3) is 4.96. The first kappa shape index (κ1) is 20.4. The number of methoxy groups -OCH3 is 1. The van der Waals surface area contributed by atoms with Crippen LogP contribution in [-0.2, 0) is 14.3 Å². The first-order valence-corrected chi connectivity index (χ1v) is 9.58. The Labute approximate surface area is 169 Å². The van der Waals surface area contributed by atoms with Crippen molar-refractivity contribution in [3.8, 4) is 5.75 Å². The highest BCUT2D eigenvalue weighted by atomic mass is 16.6. The van der Waals surface area contributed by atoms with Crippen molar-refractivity contribution in [2.45, 2.75) is 13.3 Å². The molecule has 0 atom stereocenters. The zero-order valence-electron chi connectivity index (χ0n) is 16.6. The number of nitrogens with zero attached hydrogens (tertiary/aromatic N) is 2. The molecule has 1 saturated heterocycles. The second-order valence-electron chi connectivity index (χ2n) is 6.69. The molecule has 0 radical (unpaired) electrons. The molecule has 0 unspecified atom stereocenters. The average Bonchev–Trinajstić information content (AvgIpc) is 2.73. The van der Waals surface area contributed by atoms with Gasteiger partial charge in [0.2, 0.25) is 11.8 Å². The van der Waals surface area contributed by atoms with Gasteiger partial charge in [-0.15, -0.1) is 0 Å². The number of piperazine rings is 1. The Morgan fingerprint density at radius 2 is 1.76 bits per heavy atom. The molecule has 154 valence electrons. The number of nitrogens with one attached hydrogen (secondary N) is 1. The minimum absolute atomic E-state index is 0.241. The van der Waals surface area contributed by atoms with Gasteiger partial charge in [0.05, 0.1) is 13.7 Å². The van der Waals surface area contributed by atoms with Crippen LogP contribution in [0, 0.1) is 0 Å². The molecule has 0 bridgehead atoms. The van der Waals surface area contributed by atoms with E-state index in [-0.39, 0.29) is 24.3 Å². The van der Waals surface area contributed by atoms with Crippen LogP contribution in [0.1, 0.15) is 13.3 Å². The van der Waals surface area contributed by atoms with Gasteiger partial charge >= 0.3 is 6.09 Å². The number of hydrogen-bond acceptors (Lipinski definition) is 5. The summed E-state index contributed by atoms with van der Waals surface area (Å²) in [5, 5.41) is 4.66. The normalized spacial score (nSPS) is 13.9. The number of amides is 3. The molecule has 1 fully saturated rings. The maximum Gasteiger partial charge on any atom is 0.409 e. The van der Waals surface area contributed by atoms with E-state index >= 15 is 0 Å². The fourth-order valence-electron chi connectivity index (χ4n) is 3.32. The standard InChI is InChI=1S/C21H25N3O5/c1-3-29-21(27)24-11-9-23(10-12-24)20(26)14-19(25)22-16-7-8-17-15(13-16)5-4-6-18(17)28-2/h4-8,13H,3,9-12,14H2,1-2H3,(H,22,25). The van der Waals surface area contributed by atoms with Crippen LogP contribution in [0.5, 0.6) is 5.75 Å². The highest BCUT2D eigenvalue weighted by Gasteiger charge is 2.25. The molecule has 8 heteroatoms. The lowest BCUT2D eigenvalue weighted by molar-refractivity contribution is -0.135. The zero-order valence-corrected chi connectivity index (χ0v) is 16.6. The topological polar surface area (TPSA) is 88.2 Å². The summed E-state index contributed by atoms with van der Waals surface area (Å²) in [6.45, 7) is 3.65. The van der Waals surface area contributed by atoms with Gasteiger partial charge in [-0.05, 0) is 36.6 Å². The molecule has 3 amide bonds. The van der Waals surface area contributed by atoms with Crippen molar-refractivity contribution in [3.05, 3.63) is 36.4 Å². The molecule has 1 heterocycles. The number of rotatable bonds is 5. The van der Waals surface area contributed by atoms with Gasteiger partial charge in [0.15, 0.2) is 0 Å². The summed E-state index contributed by atoms with van der Waals surface area (Å²) in [5.41, 5.74) is 0.621. The van der Waals surface area contributed by atoms with Crippen molar-refractivity contribution in [1.82, 2.24) is 9.80 Å². The van der Waals surface area contributed by atoms with Gasteiger partial charge in [0, 0.05) is 37.3 Å². The van der Waals surface area contributed by atoms with Gasteiger partial charge in [-0.1, -0.05) is 12.1 Å². The van der Waals surface area contributed by atoms with E-state index in [1.165, 1.54) is 0 Å². The van der Waals surface area contributed by atoms with Crippen LogP contribution in [-0.4, -0.2) is 67.6 Å². The lowest BCUT2D eigenvalue weighted by Gasteiger charge is -2.34. The maximum atomic E-state index is 12.4. The molecule has 2 aromatic carbocycles. The SMILES string of the molecule is CCOC(=O)N1CCN(C(=O)CC(=O)Nc2ccc3c(OC)cccc3c2)CC1. The van der Waals surface area contributed by atoms with E-state index in [0.717, 1.165) is 16.5 Å². The number of benzene rings is 2. The Bertz CT molecular complexity index is 906. The predicted octanol–water partition coefficient (Wildman–Crippen LogP) is 2.48. The molecule has 0 aliphatic carbocycles. The van der Waals surface area contributed by atoms with Gasteiger partial charge < -0.3 is 24.6 Å². The molecule has 1 N–H and O–H groups in total. The van der Waals surface area contributed by atoms with Gasteiger partial charge in [-0.25, -0.2) is 4.79 Å². The zero-order chi connectivity index (χ0) is 20.8. The van der Waals surface area contributed by atoms with Crippen molar-refractivity contribution >= 4 is 34.4 Å². The Balaban J connectivity index is 1.54. The number of hydrogen-bond donors (Lipinski definition) is 1. The van der Waals surface area contributed by atoms with E-state index < -0.39 is 0 Å². The molecular formula is C21H25N3O5. The van der Waals surface area contributed by atoms with E-state index in [2.05, 4.69) is 5.32 Å². The minimum atomic E-state index is -0.370. The number of fused-ring (bicyclic) bond motifs is 1. The van der Waals surface area contributed by atoms with Crippen molar-refractivity contribution in [1.29, 1.82) is 0 Å². The van der Waals surface area contributed by atoms with Gasteiger partial charge in [0.25, 0.3) is 0 Å². The Morgan fingerprint density at radius 3 is 2.45 bits per heavy atom. The van der Waals surface area contributed by atoms with E-state index in [1.807, 2.05) is 30.3 Å². The van der Waals surface area contributed by atoms with Crippen LogP contribution in [0.4, 0.5) is 10.5 Å². The fraction of sp³-hybridized carbons (Fsp3) is 0.381. The molecule has 29 heavy (non-hydrogen) atoms. The number of anilines is 1. The molecule has 1 aliphatic rings. The summed E-state index contributed by atoms with van der Waals surface area (Å²) in [5.74, 6) is 0.135. The summed E-state index contributed by atoms with van der Waals surface area (Å²) >= 11 is 0. The lowest BCUT2D eigenvalue weighted by atomic mass is 10.1. The Kier molecular flexibility index (Phi) is 6.54. The second-order valence-corrected chi connectivity index (χ2v) is 6.69. The highest BCUT2D eigenvalue weighted by molar-refractivity contribution is 6.04. The van der Waals surface area contributed by atoms with Crippen LogP contribution >= 0.6 is 0 Å². The van der Waals surface area contributed by atoms with Gasteiger partial charge in [-0.2, -0.15) is 0 Å². The lowest BCUT2D eigenvalue weighted by Crippen LogP contribution is -2.51. The van der Waals surface area contributed by atoms with E-state index in [1.54, 1.807) is 29.9 Å². The van der Waals surface area contributed by atoms with Crippen molar-refractivity contribution in [3.63, 3.8) is 0 Å². The van der Waals surface area contributed by atoms with Crippen LogP contribution < -0.4 is 10.1 Å². The predicted molar refractivity (Wildman–Crippen MR) is 109 cm³/mol. The fourth-order valence-corrected chi connectivity index (χ4v) is 3.32. The molecule has 0 aromatic heterocycles. The monoisotopic (exact) mass is 399 g/mol. The van der Waals surface area contributed by atoms with Crippen LogP contribution in [0.3, 0.4) is 0 Å². The molecule has 2 aromatic rings. The van der Waals surface area contributed by atoms with Crippen molar-refractivity contribution in [2.75, 3.05) is 45.2 Å². The van der Waals surface area contributed by atoms with E-state index in [4.69, 9.17) is 9.47 Å². The van der Waals surface area contributed by atoms with Gasteiger partial charge in [0.1, 0.15) is 12.2 Å². The quantitative estimate of drug-likeness (QED) is 0.781. The summed E-state index contributed by atoms with van der Waals surface area (Å²) in [6, 6.07) is 11.2.